The molecular formula is C14H22O2. The van der Waals surface area contributed by atoms with Crippen molar-refractivity contribution in [1.29, 1.82) is 0 Å². The highest BCUT2D eigenvalue weighted by Crippen LogP contribution is 2.19. The highest BCUT2D eigenvalue weighted by molar-refractivity contribution is 5.19. The molecule has 0 aliphatic carbocycles. The second-order valence-electron chi connectivity index (χ2n) is 3.79. The molecule has 0 aliphatic rings. The van der Waals surface area contributed by atoms with Crippen LogP contribution >= 0.6 is 0 Å². The predicted molar refractivity (Wildman–Crippen MR) is 66.8 cm³/mol. The van der Waals surface area contributed by atoms with Gasteiger partial charge in [-0.3, -0.25) is 0 Å². The lowest BCUT2D eigenvalue weighted by molar-refractivity contribution is 0.0463. The Labute approximate surface area is 98.6 Å². The Morgan fingerprint density at radius 2 is 1.69 bits per heavy atom. The average molecular weight is 222 g/mol. The van der Waals surface area contributed by atoms with Crippen LogP contribution in [0.3, 0.4) is 0 Å². The van der Waals surface area contributed by atoms with Crippen LogP contribution in [0.4, 0.5) is 0 Å². The molecule has 2 nitrogen and oxygen atoms in total. The Bertz CT molecular complexity index is 259. The molecule has 0 amide bonds. The van der Waals surface area contributed by atoms with E-state index in [-0.39, 0.29) is 0 Å². The minimum atomic E-state index is 0.503. The first-order chi connectivity index (χ1) is 7.88. The molecule has 16 heavy (non-hydrogen) atoms. The average Bonchev–Trinajstić information content (AvgIpc) is 2.35. The number of hydrogen-bond acceptors (Lipinski definition) is 2. The van der Waals surface area contributed by atoms with E-state index in [0.717, 1.165) is 19.6 Å². The number of benzene rings is 1. The van der Waals surface area contributed by atoms with Gasteiger partial charge in [-0.2, -0.15) is 0 Å². The van der Waals surface area contributed by atoms with Crippen LogP contribution < -0.4 is 0 Å². The Balaban J connectivity index is 2.27. The second kappa shape index (κ2) is 8.31. The first-order valence-corrected chi connectivity index (χ1v) is 6.08. The monoisotopic (exact) mass is 222 g/mol. The van der Waals surface area contributed by atoms with Crippen molar-refractivity contribution in [2.24, 2.45) is 0 Å². The van der Waals surface area contributed by atoms with E-state index in [1.165, 1.54) is 5.56 Å². The summed E-state index contributed by atoms with van der Waals surface area (Å²) in [4.78, 5) is 0. The zero-order chi connectivity index (χ0) is 11.6. The summed E-state index contributed by atoms with van der Waals surface area (Å²) in [6.45, 7) is 7.13. The van der Waals surface area contributed by atoms with Crippen LogP contribution in [0.2, 0.25) is 0 Å². The van der Waals surface area contributed by atoms with Gasteiger partial charge in [-0.25, -0.2) is 0 Å². The van der Waals surface area contributed by atoms with Gasteiger partial charge in [0.2, 0.25) is 0 Å². The van der Waals surface area contributed by atoms with Gasteiger partial charge in [-0.15, -0.1) is 0 Å². The molecule has 1 unspecified atom stereocenters. The van der Waals surface area contributed by atoms with Crippen LogP contribution in [-0.2, 0) is 9.47 Å². The minimum Gasteiger partial charge on any atom is -0.379 e. The molecule has 1 rings (SSSR count). The molecule has 0 saturated carbocycles. The van der Waals surface area contributed by atoms with Gasteiger partial charge in [0.05, 0.1) is 19.8 Å². The summed E-state index contributed by atoms with van der Waals surface area (Å²) in [5.74, 6) is 0.503. The van der Waals surface area contributed by atoms with Crippen molar-refractivity contribution in [3.8, 4) is 0 Å². The van der Waals surface area contributed by atoms with E-state index in [1.807, 2.05) is 13.0 Å². The van der Waals surface area contributed by atoms with Gasteiger partial charge in [0.25, 0.3) is 0 Å². The largest absolute Gasteiger partial charge is 0.379 e. The summed E-state index contributed by atoms with van der Waals surface area (Å²) < 4.78 is 10.8. The Morgan fingerprint density at radius 3 is 2.31 bits per heavy atom. The maximum atomic E-state index is 5.62. The highest BCUT2D eigenvalue weighted by Gasteiger charge is 2.08. The third kappa shape index (κ3) is 4.77. The third-order valence-corrected chi connectivity index (χ3v) is 2.66. The van der Waals surface area contributed by atoms with Crippen molar-refractivity contribution in [3.05, 3.63) is 35.9 Å². The molecule has 1 aromatic carbocycles. The maximum absolute atomic E-state index is 5.62. The first-order valence-electron chi connectivity index (χ1n) is 6.08. The fourth-order valence-electron chi connectivity index (χ4n) is 1.66. The van der Waals surface area contributed by atoms with Gasteiger partial charge in [0.1, 0.15) is 0 Å². The van der Waals surface area contributed by atoms with E-state index in [0.29, 0.717) is 19.1 Å². The van der Waals surface area contributed by atoms with Crippen LogP contribution in [0.15, 0.2) is 30.3 Å². The standard InChI is InChI=1S/C14H22O2/c1-3-13(12-16-11-10-15-4-2)14-8-6-5-7-9-14/h5-9,13H,3-4,10-12H2,1-2H3. The molecule has 0 bridgehead atoms. The van der Waals surface area contributed by atoms with E-state index in [2.05, 4.69) is 31.2 Å². The Morgan fingerprint density at radius 1 is 1.00 bits per heavy atom. The lowest BCUT2D eigenvalue weighted by Gasteiger charge is -2.15. The molecule has 1 atom stereocenters. The Kier molecular flexibility index (Phi) is 6.86. The SMILES string of the molecule is CCOCCOCC(CC)c1ccccc1. The fourth-order valence-corrected chi connectivity index (χ4v) is 1.66. The van der Waals surface area contributed by atoms with Crippen molar-refractivity contribution < 1.29 is 9.47 Å². The fraction of sp³-hybridized carbons (Fsp3) is 0.571. The molecule has 1 aromatic rings. The van der Waals surface area contributed by atoms with Crippen LogP contribution in [-0.4, -0.2) is 26.4 Å². The van der Waals surface area contributed by atoms with Gasteiger partial charge in [-0.05, 0) is 18.9 Å². The van der Waals surface area contributed by atoms with Crippen LogP contribution in [0.5, 0.6) is 0 Å². The van der Waals surface area contributed by atoms with Gasteiger partial charge in [-0.1, -0.05) is 37.3 Å². The zero-order valence-corrected chi connectivity index (χ0v) is 10.3. The number of rotatable bonds is 8. The van der Waals surface area contributed by atoms with Crippen LogP contribution in [0, 0.1) is 0 Å². The summed E-state index contributed by atoms with van der Waals surface area (Å²) in [6.07, 6.45) is 1.11. The maximum Gasteiger partial charge on any atom is 0.0700 e. The molecule has 90 valence electrons. The van der Waals surface area contributed by atoms with E-state index in [9.17, 15) is 0 Å². The topological polar surface area (TPSA) is 18.5 Å². The zero-order valence-electron chi connectivity index (χ0n) is 10.3. The third-order valence-electron chi connectivity index (χ3n) is 2.66. The number of hydrogen-bond donors (Lipinski definition) is 0. The summed E-state index contributed by atoms with van der Waals surface area (Å²) in [6, 6.07) is 10.5. The lowest BCUT2D eigenvalue weighted by atomic mass is 9.98. The van der Waals surface area contributed by atoms with Gasteiger partial charge in [0, 0.05) is 12.5 Å². The van der Waals surface area contributed by atoms with Crippen molar-refractivity contribution in [3.63, 3.8) is 0 Å². The lowest BCUT2D eigenvalue weighted by Crippen LogP contribution is -2.11. The minimum absolute atomic E-state index is 0.503. The summed E-state index contributed by atoms with van der Waals surface area (Å²) in [7, 11) is 0. The predicted octanol–water partition coefficient (Wildman–Crippen LogP) is 3.23. The smallest absolute Gasteiger partial charge is 0.0700 e. The van der Waals surface area contributed by atoms with Crippen molar-refractivity contribution in [2.45, 2.75) is 26.2 Å². The summed E-state index contributed by atoms with van der Waals surface area (Å²) >= 11 is 0. The van der Waals surface area contributed by atoms with E-state index < -0.39 is 0 Å². The van der Waals surface area contributed by atoms with Crippen LogP contribution in [0.25, 0.3) is 0 Å². The molecular weight excluding hydrogens is 200 g/mol. The molecule has 0 heterocycles. The quantitative estimate of drug-likeness (QED) is 0.629. The molecule has 0 aliphatic heterocycles. The number of ether oxygens (including phenoxy) is 2. The molecule has 0 saturated heterocycles. The van der Waals surface area contributed by atoms with E-state index in [1.54, 1.807) is 0 Å². The van der Waals surface area contributed by atoms with Crippen LogP contribution in [0.1, 0.15) is 31.7 Å². The van der Waals surface area contributed by atoms with Crippen molar-refractivity contribution >= 4 is 0 Å². The summed E-state index contributed by atoms with van der Waals surface area (Å²) in [5, 5.41) is 0. The Hall–Kier alpha value is -0.860. The van der Waals surface area contributed by atoms with Gasteiger partial charge in [0.15, 0.2) is 0 Å². The second-order valence-corrected chi connectivity index (χ2v) is 3.79. The van der Waals surface area contributed by atoms with Crippen molar-refractivity contribution in [2.75, 3.05) is 26.4 Å². The first kappa shape index (κ1) is 13.2. The highest BCUT2D eigenvalue weighted by atomic mass is 16.5. The molecule has 0 spiro atoms. The summed E-state index contributed by atoms with van der Waals surface area (Å²) in [5.41, 5.74) is 1.36. The molecule has 2 heteroatoms. The normalized spacial score (nSPS) is 12.6. The van der Waals surface area contributed by atoms with Crippen molar-refractivity contribution in [1.82, 2.24) is 0 Å². The molecule has 0 aromatic heterocycles. The van der Waals surface area contributed by atoms with Gasteiger partial charge < -0.3 is 9.47 Å². The molecule has 0 radical (unpaired) electrons. The van der Waals surface area contributed by atoms with E-state index >= 15 is 0 Å². The molecule has 0 fully saturated rings. The van der Waals surface area contributed by atoms with E-state index in [4.69, 9.17) is 9.47 Å². The molecule has 0 N–H and O–H groups in total. The van der Waals surface area contributed by atoms with Gasteiger partial charge >= 0.3 is 0 Å².